The van der Waals surface area contributed by atoms with E-state index in [9.17, 15) is 9.59 Å². The van der Waals surface area contributed by atoms with Crippen LogP contribution in [0.3, 0.4) is 0 Å². The van der Waals surface area contributed by atoms with Gasteiger partial charge in [-0.2, -0.15) is 0 Å². The van der Waals surface area contributed by atoms with Crippen LogP contribution in [0.2, 0.25) is 0 Å². The first-order valence-corrected chi connectivity index (χ1v) is 6.96. The molecule has 1 amide bonds. The van der Waals surface area contributed by atoms with E-state index in [0.717, 1.165) is 16.7 Å². The van der Waals surface area contributed by atoms with E-state index in [-0.39, 0.29) is 5.91 Å². The molecule has 110 valence electrons. The van der Waals surface area contributed by atoms with E-state index in [1.54, 1.807) is 18.2 Å². The number of methoxy groups -OCH3 is 1. The molecule has 1 heterocycles. The first-order valence-electron chi connectivity index (χ1n) is 6.96. The van der Waals surface area contributed by atoms with E-state index < -0.39 is 5.97 Å². The van der Waals surface area contributed by atoms with Gasteiger partial charge in [0.05, 0.1) is 12.7 Å². The average Bonchev–Trinajstić information content (AvgIpc) is 2.64. The third kappa shape index (κ3) is 2.51. The summed E-state index contributed by atoms with van der Waals surface area (Å²) in [5.41, 5.74) is 3.67. The maximum atomic E-state index is 12.3. The van der Waals surface area contributed by atoms with E-state index in [0.29, 0.717) is 17.7 Å². The fourth-order valence-corrected chi connectivity index (χ4v) is 2.55. The molecule has 0 saturated carbocycles. The van der Waals surface area contributed by atoms with Crippen LogP contribution < -0.4 is 5.32 Å². The minimum absolute atomic E-state index is 0.192. The van der Waals surface area contributed by atoms with Crippen LogP contribution in [0.25, 0.3) is 5.57 Å². The smallest absolute Gasteiger partial charge is 0.337 e. The van der Waals surface area contributed by atoms with Crippen molar-refractivity contribution in [2.45, 2.75) is 0 Å². The Hall–Kier alpha value is -2.88. The number of carbonyl (C=O) groups is 2. The largest absolute Gasteiger partial charge is 0.465 e. The van der Waals surface area contributed by atoms with Gasteiger partial charge in [-0.15, -0.1) is 0 Å². The quantitative estimate of drug-likeness (QED) is 0.810. The number of ether oxygens (including phenoxy) is 1. The maximum absolute atomic E-state index is 12.3. The van der Waals surface area contributed by atoms with Gasteiger partial charge in [-0.1, -0.05) is 42.5 Å². The zero-order chi connectivity index (χ0) is 15.5. The van der Waals surface area contributed by atoms with E-state index in [4.69, 9.17) is 4.74 Å². The van der Waals surface area contributed by atoms with Crippen molar-refractivity contribution in [2.24, 2.45) is 0 Å². The Morgan fingerprint density at radius 2 is 1.86 bits per heavy atom. The van der Waals surface area contributed by atoms with Crippen LogP contribution in [0.4, 0.5) is 0 Å². The molecule has 0 radical (unpaired) electrons. The second-order valence-electron chi connectivity index (χ2n) is 4.98. The van der Waals surface area contributed by atoms with Crippen molar-refractivity contribution in [1.82, 2.24) is 5.32 Å². The molecule has 0 bridgehead atoms. The van der Waals surface area contributed by atoms with E-state index in [1.807, 2.05) is 36.5 Å². The summed E-state index contributed by atoms with van der Waals surface area (Å²) in [6.45, 7) is 0.449. The molecule has 4 heteroatoms. The zero-order valence-corrected chi connectivity index (χ0v) is 12.1. The topological polar surface area (TPSA) is 55.4 Å². The fraction of sp³-hybridized carbons (Fsp3) is 0.111. The monoisotopic (exact) mass is 293 g/mol. The highest BCUT2D eigenvalue weighted by molar-refractivity contribution is 6.05. The molecule has 1 aliphatic heterocycles. The molecule has 1 aliphatic carbocycles. The molecule has 22 heavy (non-hydrogen) atoms. The Labute approximate surface area is 128 Å². The summed E-state index contributed by atoms with van der Waals surface area (Å²) in [5.74, 6) is -0.646. The summed E-state index contributed by atoms with van der Waals surface area (Å²) in [7, 11) is 1.32. The minimum Gasteiger partial charge on any atom is -0.465 e. The van der Waals surface area contributed by atoms with Crippen molar-refractivity contribution < 1.29 is 14.3 Å². The van der Waals surface area contributed by atoms with Crippen LogP contribution in [0, 0.1) is 0 Å². The van der Waals surface area contributed by atoms with E-state index in [2.05, 4.69) is 5.32 Å². The predicted octanol–water partition coefficient (Wildman–Crippen LogP) is 2.65. The van der Waals surface area contributed by atoms with Crippen molar-refractivity contribution in [3.63, 3.8) is 0 Å². The van der Waals surface area contributed by atoms with Crippen molar-refractivity contribution in [3.05, 3.63) is 76.9 Å². The van der Waals surface area contributed by atoms with Crippen molar-refractivity contribution >= 4 is 17.4 Å². The lowest BCUT2D eigenvalue weighted by Crippen LogP contribution is -2.23. The normalized spacial score (nSPS) is 19.0. The van der Waals surface area contributed by atoms with Gasteiger partial charge < -0.3 is 10.1 Å². The molecule has 0 saturated heterocycles. The predicted molar refractivity (Wildman–Crippen MR) is 84.5 cm³/mol. The second-order valence-corrected chi connectivity index (χ2v) is 4.98. The van der Waals surface area contributed by atoms with Gasteiger partial charge >= 0.3 is 5.97 Å². The Morgan fingerprint density at radius 3 is 2.64 bits per heavy atom. The maximum Gasteiger partial charge on any atom is 0.337 e. The lowest BCUT2D eigenvalue weighted by atomic mass is 9.92. The number of hydrogen-bond donors (Lipinski definition) is 1. The van der Waals surface area contributed by atoms with Gasteiger partial charge in [-0.05, 0) is 28.8 Å². The summed E-state index contributed by atoms with van der Waals surface area (Å²) in [6.07, 6.45) is 11.7. The minimum atomic E-state index is -0.454. The Kier molecular flexibility index (Phi) is 3.74. The number of hydrogen-bond acceptors (Lipinski definition) is 3. The summed E-state index contributed by atoms with van der Waals surface area (Å²) >= 11 is 0. The molecule has 1 aromatic rings. The van der Waals surface area contributed by atoms with Crippen LogP contribution >= 0.6 is 0 Å². The van der Waals surface area contributed by atoms with Gasteiger partial charge in [-0.3, -0.25) is 4.79 Å². The zero-order valence-electron chi connectivity index (χ0n) is 12.1. The molecule has 1 aromatic carbocycles. The molecule has 0 spiro atoms. The van der Waals surface area contributed by atoms with E-state index >= 15 is 0 Å². The lowest BCUT2D eigenvalue weighted by molar-refractivity contribution is 0.0600. The standard InChI is InChI=1S/C18H15NO3/c1-22-18(21)12-8-9-15-14-7-5-3-2-4-6-13(14)11-19-17(20)16(15)10-12/h2-10H,11H2,1H3,(H,19,20)/b3-2?,4-2-,5-3-,6-4?,7-5?,13-6?,14-7?. The third-order valence-corrected chi connectivity index (χ3v) is 3.65. The third-order valence-electron chi connectivity index (χ3n) is 3.65. The fourth-order valence-electron chi connectivity index (χ4n) is 2.55. The van der Waals surface area contributed by atoms with Crippen molar-refractivity contribution in [2.75, 3.05) is 13.7 Å². The number of carbonyl (C=O) groups excluding carboxylic acids is 2. The van der Waals surface area contributed by atoms with Gasteiger partial charge in [0.25, 0.3) is 5.91 Å². The number of benzene rings is 1. The number of allylic oxidation sites excluding steroid dienone is 6. The average molecular weight is 293 g/mol. The highest BCUT2D eigenvalue weighted by Crippen LogP contribution is 2.30. The van der Waals surface area contributed by atoms with Crippen LogP contribution in [0.5, 0.6) is 0 Å². The van der Waals surface area contributed by atoms with Crippen LogP contribution in [0.15, 0.2) is 60.2 Å². The number of amides is 1. The van der Waals surface area contributed by atoms with Crippen LogP contribution in [-0.2, 0) is 4.74 Å². The van der Waals surface area contributed by atoms with Crippen LogP contribution in [-0.4, -0.2) is 25.5 Å². The molecular formula is C18H15NO3. The van der Waals surface area contributed by atoms with E-state index in [1.165, 1.54) is 7.11 Å². The van der Waals surface area contributed by atoms with Gasteiger partial charge in [-0.25, -0.2) is 4.79 Å². The molecule has 0 aromatic heterocycles. The molecular weight excluding hydrogens is 278 g/mol. The summed E-state index contributed by atoms with van der Waals surface area (Å²) in [6, 6.07) is 5.06. The number of nitrogens with one attached hydrogen (secondary N) is 1. The molecule has 0 unspecified atom stereocenters. The molecule has 1 N–H and O–H groups in total. The summed E-state index contributed by atoms with van der Waals surface area (Å²) in [5, 5.41) is 2.87. The number of rotatable bonds is 1. The van der Waals surface area contributed by atoms with Crippen LogP contribution in [0.1, 0.15) is 26.3 Å². The van der Waals surface area contributed by atoms with Crippen molar-refractivity contribution in [3.8, 4) is 0 Å². The first kappa shape index (κ1) is 14.1. The molecule has 3 rings (SSSR count). The Morgan fingerprint density at radius 1 is 1.09 bits per heavy atom. The number of esters is 1. The Balaban J connectivity index is 2.18. The highest BCUT2D eigenvalue weighted by atomic mass is 16.5. The molecule has 2 aliphatic rings. The molecule has 0 atom stereocenters. The van der Waals surface area contributed by atoms with Crippen molar-refractivity contribution in [1.29, 1.82) is 0 Å². The molecule has 0 fully saturated rings. The summed E-state index contributed by atoms with van der Waals surface area (Å²) < 4.78 is 4.72. The van der Waals surface area contributed by atoms with Gasteiger partial charge in [0, 0.05) is 12.1 Å². The molecule has 4 nitrogen and oxygen atoms in total. The highest BCUT2D eigenvalue weighted by Gasteiger charge is 2.23. The first-order chi connectivity index (χ1) is 10.7. The number of fused-ring (bicyclic) bond motifs is 3. The lowest BCUT2D eigenvalue weighted by Gasteiger charge is -2.11. The Bertz CT molecular complexity index is 767. The summed E-state index contributed by atoms with van der Waals surface area (Å²) in [4.78, 5) is 24.0. The second kappa shape index (κ2) is 5.85. The van der Waals surface area contributed by atoms with Gasteiger partial charge in [0.15, 0.2) is 0 Å². The van der Waals surface area contributed by atoms with Gasteiger partial charge in [0.2, 0.25) is 0 Å². The SMILES string of the molecule is COC(=O)c1ccc2c(c1)C(=O)NCC1=C/C=C\C=C/C=C12. The van der Waals surface area contributed by atoms with Gasteiger partial charge in [0.1, 0.15) is 0 Å².